The maximum atomic E-state index is 13.9. The van der Waals surface area contributed by atoms with Crippen molar-refractivity contribution in [2.45, 2.75) is 0 Å². The van der Waals surface area contributed by atoms with Gasteiger partial charge in [0, 0.05) is 23.7 Å². The third kappa shape index (κ3) is 3.14. The van der Waals surface area contributed by atoms with E-state index in [1.807, 2.05) is 0 Å². The molecule has 0 unspecified atom stereocenters. The van der Waals surface area contributed by atoms with E-state index in [0.717, 1.165) is 0 Å². The highest BCUT2D eigenvalue weighted by Gasteiger charge is 2.15. The molecule has 0 aliphatic rings. The fourth-order valence-electron chi connectivity index (χ4n) is 2.43. The second-order valence-electron chi connectivity index (χ2n) is 5.13. The summed E-state index contributed by atoms with van der Waals surface area (Å²) in [6, 6.07) is 9.93. The van der Waals surface area contributed by atoms with Crippen molar-refractivity contribution in [3.05, 3.63) is 52.9 Å². The van der Waals surface area contributed by atoms with E-state index < -0.39 is 5.82 Å². The number of hydrogen-bond donors (Lipinski definition) is 1. The van der Waals surface area contributed by atoms with Gasteiger partial charge in [0.1, 0.15) is 11.8 Å². The van der Waals surface area contributed by atoms with Crippen molar-refractivity contribution < 1.29 is 13.9 Å². The van der Waals surface area contributed by atoms with Crippen LogP contribution in [0.15, 0.2) is 36.5 Å². The minimum atomic E-state index is -0.530. The molecule has 0 aliphatic carbocycles. The van der Waals surface area contributed by atoms with Gasteiger partial charge in [-0.2, -0.15) is 5.26 Å². The molecule has 0 fully saturated rings. The SMILES string of the molecule is COc1ccc(Cl)c(Nc2c(C#N)cnc3cc(F)c(OC)cc23)c1. The number of anilines is 2. The van der Waals surface area contributed by atoms with Gasteiger partial charge in [0.2, 0.25) is 0 Å². The van der Waals surface area contributed by atoms with Gasteiger partial charge in [-0.05, 0) is 18.2 Å². The van der Waals surface area contributed by atoms with E-state index >= 15 is 0 Å². The Bertz CT molecular complexity index is 1000. The molecule has 7 heteroatoms. The zero-order valence-electron chi connectivity index (χ0n) is 13.4. The largest absolute Gasteiger partial charge is 0.497 e. The number of nitrogens with zero attached hydrogens (tertiary/aromatic N) is 2. The van der Waals surface area contributed by atoms with E-state index in [-0.39, 0.29) is 5.75 Å². The lowest BCUT2D eigenvalue weighted by Crippen LogP contribution is -1.99. The summed E-state index contributed by atoms with van der Waals surface area (Å²) in [5.41, 5.74) is 1.69. The normalized spacial score (nSPS) is 10.4. The van der Waals surface area contributed by atoms with Crippen LogP contribution in [0.2, 0.25) is 5.02 Å². The van der Waals surface area contributed by atoms with Crippen molar-refractivity contribution in [1.29, 1.82) is 5.26 Å². The topological polar surface area (TPSA) is 67.2 Å². The first-order chi connectivity index (χ1) is 12.1. The Kier molecular flexibility index (Phi) is 4.59. The van der Waals surface area contributed by atoms with Crippen LogP contribution >= 0.6 is 11.6 Å². The van der Waals surface area contributed by atoms with Gasteiger partial charge in [-0.15, -0.1) is 0 Å². The number of hydrogen-bond acceptors (Lipinski definition) is 5. The second-order valence-corrected chi connectivity index (χ2v) is 5.54. The molecule has 0 amide bonds. The molecule has 0 bridgehead atoms. The Hall–Kier alpha value is -3.04. The Morgan fingerprint density at radius 1 is 1.20 bits per heavy atom. The Labute approximate surface area is 148 Å². The molecule has 1 aromatic heterocycles. The number of aromatic nitrogens is 1. The van der Waals surface area contributed by atoms with Crippen molar-refractivity contribution in [2.75, 3.05) is 19.5 Å². The molecule has 5 nitrogen and oxygen atoms in total. The number of methoxy groups -OCH3 is 2. The predicted molar refractivity (Wildman–Crippen MR) is 94.3 cm³/mol. The fraction of sp³-hybridized carbons (Fsp3) is 0.111. The van der Waals surface area contributed by atoms with E-state index in [0.29, 0.717) is 38.6 Å². The summed E-state index contributed by atoms with van der Waals surface area (Å²) in [4.78, 5) is 4.13. The van der Waals surface area contributed by atoms with Crippen molar-refractivity contribution in [3.8, 4) is 17.6 Å². The molecule has 3 aromatic rings. The van der Waals surface area contributed by atoms with Crippen molar-refractivity contribution >= 4 is 33.9 Å². The first-order valence-corrected chi connectivity index (χ1v) is 7.62. The molecule has 0 atom stereocenters. The minimum absolute atomic E-state index is 0.0594. The summed E-state index contributed by atoms with van der Waals surface area (Å²) >= 11 is 6.23. The number of ether oxygens (including phenoxy) is 2. The highest BCUT2D eigenvalue weighted by molar-refractivity contribution is 6.33. The average Bonchev–Trinajstić information content (AvgIpc) is 2.63. The molecule has 1 N–H and O–H groups in total. The summed E-state index contributed by atoms with van der Waals surface area (Å²) in [5.74, 6) is 0.133. The highest BCUT2D eigenvalue weighted by atomic mass is 35.5. The van der Waals surface area contributed by atoms with Gasteiger partial charge in [-0.25, -0.2) is 4.39 Å². The molecule has 0 saturated heterocycles. The maximum absolute atomic E-state index is 13.9. The van der Waals surface area contributed by atoms with E-state index in [1.54, 1.807) is 25.3 Å². The molecular weight excluding hydrogens is 345 g/mol. The number of nitriles is 1. The lowest BCUT2D eigenvalue weighted by atomic mass is 10.1. The zero-order valence-corrected chi connectivity index (χ0v) is 14.2. The van der Waals surface area contributed by atoms with E-state index in [9.17, 15) is 9.65 Å². The second kappa shape index (κ2) is 6.83. The standard InChI is InChI=1S/C18H13ClFN3O2/c1-24-11-3-4-13(19)16(5-11)23-18-10(8-21)9-22-15-7-14(20)17(25-2)6-12(15)18/h3-7,9H,1-2H3,(H,22,23). The van der Waals surface area contributed by atoms with Crippen LogP contribution in [0.25, 0.3) is 10.9 Å². The summed E-state index contributed by atoms with van der Waals surface area (Å²) in [7, 11) is 2.92. The maximum Gasteiger partial charge on any atom is 0.167 e. The number of halogens is 2. The van der Waals surface area contributed by atoms with Crippen molar-refractivity contribution in [1.82, 2.24) is 4.98 Å². The van der Waals surface area contributed by atoms with Crippen LogP contribution in [0.3, 0.4) is 0 Å². The van der Waals surface area contributed by atoms with Crippen LogP contribution in [0.5, 0.6) is 11.5 Å². The van der Waals surface area contributed by atoms with Crippen LogP contribution in [-0.4, -0.2) is 19.2 Å². The van der Waals surface area contributed by atoms with Gasteiger partial charge in [0.15, 0.2) is 11.6 Å². The molecule has 25 heavy (non-hydrogen) atoms. The smallest absolute Gasteiger partial charge is 0.167 e. The lowest BCUT2D eigenvalue weighted by molar-refractivity contribution is 0.387. The molecule has 0 saturated carbocycles. The van der Waals surface area contributed by atoms with E-state index in [1.165, 1.54) is 25.4 Å². The molecule has 1 heterocycles. The predicted octanol–water partition coefficient (Wildman–Crippen LogP) is 4.66. The molecule has 3 rings (SSSR count). The van der Waals surface area contributed by atoms with Crippen molar-refractivity contribution in [2.24, 2.45) is 0 Å². The zero-order chi connectivity index (χ0) is 18.0. The fourth-order valence-corrected chi connectivity index (χ4v) is 2.60. The molecule has 0 spiro atoms. The third-order valence-electron chi connectivity index (χ3n) is 3.70. The number of fused-ring (bicyclic) bond motifs is 1. The van der Waals surface area contributed by atoms with Crippen LogP contribution in [-0.2, 0) is 0 Å². The van der Waals surface area contributed by atoms with Gasteiger partial charge >= 0.3 is 0 Å². The van der Waals surface area contributed by atoms with Crippen LogP contribution < -0.4 is 14.8 Å². The van der Waals surface area contributed by atoms with Crippen LogP contribution in [0, 0.1) is 17.1 Å². The van der Waals surface area contributed by atoms with Crippen LogP contribution in [0.1, 0.15) is 5.56 Å². The highest BCUT2D eigenvalue weighted by Crippen LogP contribution is 2.36. The Balaban J connectivity index is 2.22. The van der Waals surface area contributed by atoms with Gasteiger partial charge in [-0.1, -0.05) is 11.6 Å². The number of benzene rings is 2. The lowest BCUT2D eigenvalue weighted by Gasteiger charge is -2.14. The quantitative estimate of drug-likeness (QED) is 0.735. The van der Waals surface area contributed by atoms with Gasteiger partial charge in [0.05, 0.1) is 41.7 Å². The molecule has 0 aliphatic heterocycles. The minimum Gasteiger partial charge on any atom is -0.497 e. The summed E-state index contributed by atoms with van der Waals surface area (Å²) in [6.07, 6.45) is 1.38. The molecule has 126 valence electrons. The van der Waals surface area contributed by atoms with E-state index in [4.69, 9.17) is 21.1 Å². The first kappa shape index (κ1) is 16.8. The first-order valence-electron chi connectivity index (χ1n) is 7.24. The number of rotatable bonds is 4. The van der Waals surface area contributed by atoms with Crippen molar-refractivity contribution in [3.63, 3.8) is 0 Å². The van der Waals surface area contributed by atoms with E-state index in [2.05, 4.69) is 16.4 Å². The number of nitrogens with one attached hydrogen (secondary N) is 1. The van der Waals surface area contributed by atoms with Crippen LogP contribution in [0.4, 0.5) is 15.8 Å². The summed E-state index contributed by atoms with van der Waals surface area (Å²) in [5, 5.41) is 13.5. The monoisotopic (exact) mass is 357 g/mol. The third-order valence-corrected chi connectivity index (χ3v) is 4.02. The molecule has 2 aromatic carbocycles. The average molecular weight is 358 g/mol. The van der Waals surface area contributed by atoms with Gasteiger partial charge < -0.3 is 14.8 Å². The molecular formula is C18H13ClFN3O2. The Morgan fingerprint density at radius 3 is 2.68 bits per heavy atom. The summed E-state index contributed by atoms with van der Waals surface area (Å²) in [6.45, 7) is 0. The van der Waals surface area contributed by atoms with Gasteiger partial charge in [-0.3, -0.25) is 4.98 Å². The number of pyridine rings is 1. The Morgan fingerprint density at radius 2 is 2.00 bits per heavy atom. The molecule has 0 radical (unpaired) electrons. The summed E-state index contributed by atoms with van der Waals surface area (Å²) < 4.78 is 24.2. The van der Waals surface area contributed by atoms with Gasteiger partial charge in [0.25, 0.3) is 0 Å².